The number of aromatic nitrogens is 1. The normalized spacial score (nSPS) is 11.2. The lowest BCUT2D eigenvalue weighted by atomic mass is 10.0. The van der Waals surface area contributed by atoms with E-state index < -0.39 is 5.82 Å². The maximum Gasteiger partial charge on any atom is 0.152 e. The molecule has 0 aliphatic rings. The van der Waals surface area contributed by atoms with Crippen molar-refractivity contribution in [1.82, 2.24) is 4.98 Å². The minimum Gasteiger partial charge on any atom is -0.360 e. The van der Waals surface area contributed by atoms with Gasteiger partial charge in [0.25, 0.3) is 0 Å². The molecular weight excluding hydrogens is 406 g/mol. The number of hydrogen-bond acceptors (Lipinski definition) is 1. The molecule has 0 spiro atoms. The zero-order valence-corrected chi connectivity index (χ0v) is 14.8. The molecule has 118 valence electrons. The van der Waals surface area contributed by atoms with Crippen LogP contribution in [0.15, 0.2) is 18.3 Å². The average Bonchev–Trinajstić information content (AvgIpc) is 2.97. The average molecular weight is 411 g/mol. The Hall–Kier alpha value is -0.970. The Morgan fingerprint density at radius 2 is 1.48 bits per heavy atom. The molecule has 1 N–H and O–H groups in total. The quantitative estimate of drug-likeness (QED) is 0.273. The minimum absolute atomic E-state index is 0.0104. The van der Waals surface area contributed by atoms with E-state index in [1.165, 1.54) is 12.3 Å². The zero-order chi connectivity index (χ0) is 16.9. The van der Waals surface area contributed by atoms with E-state index in [9.17, 15) is 9.18 Å². The van der Waals surface area contributed by atoms with Gasteiger partial charge in [-0.25, -0.2) is 4.39 Å². The second-order valence-corrected chi connectivity index (χ2v) is 6.55. The molecule has 0 amide bonds. The van der Waals surface area contributed by atoms with Crippen molar-refractivity contribution < 1.29 is 9.18 Å². The summed E-state index contributed by atoms with van der Waals surface area (Å²) in [6.07, 6.45) is 1.96. The molecule has 0 unspecified atom stereocenters. The fourth-order valence-corrected chi connectivity index (χ4v) is 3.68. The van der Waals surface area contributed by atoms with Crippen molar-refractivity contribution in [3.8, 4) is 11.1 Å². The van der Waals surface area contributed by atoms with Crippen molar-refractivity contribution in [3.63, 3.8) is 0 Å². The summed E-state index contributed by atoms with van der Waals surface area (Å²) >= 11 is 30.3. The van der Waals surface area contributed by atoms with Crippen LogP contribution in [0, 0.1) is 5.82 Å². The van der Waals surface area contributed by atoms with Gasteiger partial charge in [-0.15, -0.1) is 0 Å². The van der Waals surface area contributed by atoms with Gasteiger partial charge in [0.2, 0.25) is 0 Å². The molecule has 2 aromatic carbocycles. The number of aromatic amines is 1. The van der Waals surface area contributed by atoms with Crippen LogP contribution in [0.3, 0.4) is 0 Å². The Kier molecular flexibility index (Phi) is 4.51. The highest BCUT2D eigenvalue weighted by Crippen LogP contribution is 2.49. The van der Waals surface area contributed by atoms with E-state index in [1.54, 1.807) is 6.07 Å². The van der Waals surface area contributed by atoms with E-state index in [4.69, 9.17) is 58.0 Å². The van der Waals surface area contributed by atoms with Crippen LogP contribution in [-0.2, 0) is 0 Å². The molecule has 0 atom stereocenters. The summed E-state index contributed by atoms with van der Waals surface area (Å²) in [4.78, 5) is 13.9. The standard InChI is InChI=1S/C15H5Cl5FNO/c16-10-9(11(17)13(19)14(20)12(10)18)6-1-2-7-8(15(6)21)5(4-23)3-22-7/h1-4,22H. The molecule has 23 heavy (non-hydrogen) atoms. The first kappa shape index (κ1) is 16.9. The molecular formula is C15H5Cl5FNO. The first-order valence-corrected chi connectivity index (χ1v) is 8.04. The summed E-state index contributed by atoms with van der Waals surface area (Å²) < 4.78 is 14.9. The molecule has 3 rings (SSSR count). The molecule has 0 saturated carbocycles. The van der Waals surface area contributed by atoms with Crippen LogP contribution in [0.2, 0.25) is 25.1 Å². The lowest BCUT2D eigenvalue weighted by Gasteiger charge is -2.14. The smallest absolute Gasteiger partial charge is 0.152 e. The minimum atomic E-state index is -0.663. The highest BCUT2D eigenvalue weighted by molar-refractivity contribution is 6.56. The van der Waals surface area contributed by atoms with Crippen LogP contribution in [0.5, 0.6) is 0 Å². The fourth-order valence-electron chi connectivity index (χ4n) is 2.33. The van der Waals surface area contributed by atoms with Gasteiger partial charge >= 0.3 is 0 Å². The highest BCUT2D eigenvalue weighted by atomic mass is 35.5. The zero-order valence-electron chi connectivity index (χ0n) is 11.0. The Labute approximate surface area is 155 Å². The molecule has 3 aromatic rings. The number of H-pyrrole nitrogens is 1. The topological polar surface area (TPSA) is 32.9 Å². The number of aldehydes is 1. The summed E-state index contributed by atoms with van der Waals surface area (Å²) in [5.74, 6) is -0.663. The van der Waals surface area contributed by atoms with E-state index in [1.807, 2.05) is 0 Å². The van der Waals surface area contributed by atoms with Gasteiger partial charge in [0, 0.05) is 33.8 Å². The first-order chi connectivity index (χ1) is 10.9. The third kappa shape index (κ3) is 2.51. The second-order valence-electron chi connectivity index (χ2n) is 4.66. The molecule has 0 saturated heterocycles. The number of nitrogens with one attached hydrogen (secondary N) is 1. The van der Waals surface area contributed by atoms with Crippen LogP contribution in [0.1, 0.15) is 10.4 Å². The number of halogens is 6. The third-order valence-corrected chi connectivity index (χ3v) is 5.70. The maximum absolute atomic E-state index is 14.9. The number of rotatable bonds is 2. The van der Waals surface area contributed by atoms with Gasteiger partial charge in [-0.3, -0.25) is 4.79 Å². The Morgan fingerprint density at radius 1 is 0.913 bits per heavy atom. The van der Waals surface area contributed by atoms with E-state index >= 15 is 0 Å². The third-order valence-electron chi connectivity index (χ3n) is 3.42. The molecule has 2 nitrogen and oxygen atoms in total. The lowest BCUT2D eigenvalue weighted by molar-refractivity contribution is 0.112. The van der Waals surface area contributed by atoms with Gasteiger partial charge < -0.3 is 4.98 Å². The number of carbonyl (C=O) groups excluding carboxylic acids is 1. The predicted octanol–water partition coefficient (Wildman–Crippen LogP) is 7.05. The van der Waals surface area contributed by atoms with Crippen molar-refractivity contribution in [3.05, 3.63) is 54.8 Å². The van der Waals surface area contributed by atoms with Crippen LogP contribution >= 0.6 is 58.0 Å². The molecule has 0 fully saturated rings. The summed E-state index contributed by atoms with van der Waals surface area (Å²) in [7, 11) is 0. The maximum atomic E-state index is 14.9. The summed E-state index contributed by atoms with van der Waals surface area (Å²) in [5.41, 5.74) is 0.824. The summed E-state index contributed by atoms with van der Waals surface area (Å²) in [6, 6.07) is 3.07. The number of hydrogen-bond donors (Lipinski definition) is 1. The second kappa shape index (κ2) is 6.15. The van der Waals surface area contributed by atoms with Gasteiger partial charge in [0.1, 0.15) is 5.82 Å². The van der Waals surface area contributed by atoms with E-state index in [0.29, 0.717) is 11.8 Å². The Bertz CT molecular complexity index is 937. The van der Waals surface area contributed by atoms with E-state index in [-0.39, 0.29) is 47.2 Å². The molecule has 8 heteroatoms. The van der Waals surface area contributed by atoms with Gasteiger partial charge in [-0.05, 0) is 12.1 Å². The van der Waals surface area contributed by atoms with Crippen molar-refractivity contribution >= 4 is 75.2 Å². The van der Waals surface area contributed by atoms with Crippen LogP contribution in [-0.4, -0.2) is 11.3 Å². The molecule has 0 radical (unpaired) electrons. The largest absolute Gasteiger partial charge is 0.360 e. The monoisotopic (exact) mass is 409 g/mol. The van der Waals surface area contributed by atoms with Crippen LogP contribution in [0.25, 0.3) is 22.0 Å². The van der Waals surface area contributed by atoms with Crippen molar-refractivity contribution in [1.29, 1.82) is 0 Å². The highest BCUT2D eigenvalue weighted by Gasteiger charge is 2.24. The Morgan fingerprint density at radius 3 is 2.04 bits per heavy atom. The predicted molar refractivity (Wildman–Crippen MR) is 94.1 cm³/mol. The molecule has 1 aromatic heterocycles. The molecule has 0 aliphatic carbocycles. The molecule has 1 heterocycles. The summed E-state index contributed by atoms with van der Waals surface area (Å²) in [6.45, 7) is 0. The van der Waals surface area contributed by atoms with E-state index in [2.05, 4.69) is 4.98 Å². The van der Waals surface area contributed by atoms with Gasteiger partial charge in [-0.2, -0.15) is 0 Å². The van der Waals surface area contributed by atoms with Crippen molar-refractivity contribution in [2.75, 3.05) is 0 Å². The van der Waals surface area contributed by atoms with E-state index in [0.717, 1.165) is 0 Å². The van der Waals surface area contributed by atoms with Gasteiger partial charge in [0.15, 0.2) is 6.29 Å². The van der Waals surface area contributed by atoms with Crippen molar-refractivity contribution in [2.45, 2.75) is 0 Å². The summed E-state index contributed by atoms with van der Waals surface area (Å²) in [5, 5.41) is 0.0273. The Balaban J connectivity index is 2.43. The number of fused-ring (bicyclic) bond motifs is 1. The molecule has 0 aliphatic heterocycles. The van der Waals surface area contributed by atoms with Crippen LogP contribution in [0.4, 0.5) is 4.39 Å². The van der Waals surface area contributed by atoms with Crippen LogP contribution < -0.4 is 0 Å². The first-order valence-electron chi connectivity index (χ1n) is 6.15. The lowest BCUT2D eigenvalue weighted by Crippen LogP contribution is -1.92. The SMILES string of the molecule is O=Cc1c[nH]c2ccc(-c3c(Cl)c(Cl)c(Cl)c(Cl)c3Cl)c(F)c12. The van der Waals surface area contributed by atoms with Gasteiger partial charge in [-0.1, -0.05) is 58.0 Å². The van der Waals surface area contributed by atoms with Gasteiger partial charge in [0.05, 0.1) is 25.1 Å². The number of carbonyl (C=O) groups is 1. The number of benzene rings is 2. The molecule has 0 bridgehead atoms. The van der Waals surface area contributed by atoms with Crippen molar-refractivity contribution in [2.24, 2.45) is 0 Å². The fraction of sp³-hybridized carbons (Fsp3) is 0.